The number of carbonyl (C=O) groups is 1. The summed E-state index contributed by atoms with van der Waals surface area (Å²) in [6.45, 7) is 1.95. The number of rotatable bonds is 3. The number of aromatic hydroxyl groups is 2. The Hall–Kier alpha value is -2.01. The highest BCUT2D eigenvalue weighted by atomic mass is 32.1. The Balaban J connectivity index is 2.21. The van der Waals surface area contributed by atoms with Crippen molar-refractivity contribution in [2.45, 2.75) is 13.0 Å². The van der Waals surface area contributed by atoms with Crippen molar-refractivity contribution in [2.24, 2.45) is 0 Å². The molecule has 1 unspecified atom stereocenters. The monoisotopic (exact) mass is 277 g/mol. The molecule has 100 valence electrons. The predicted octanol–water partition coefficient (Wildman–Crippen LogP) is 2.99. The average molecular weight is 277 g/mol. The molecule has 5 heteroatoms. The lowest BCUT2D eigenvalue weighted by molar-refractivity contribution is 0.0744. The summed E-state index contributed by atoms with van der Waals surface area (Å²) >= 11 is 1.59. The van der Waals surface area contributed by atoms with Crippen LogP contribution in [0.2, 0.25) is 0 Å². The van der Waals surface area contributed by atoms with E-state index in [0.717, 1.165) is 4.88 Å². The van der Waals surface area contributed by atoms with Crippen molar-refractivity contribution in [3.05, 3.63) is 46.2 Å². The number of phenolic OH excluding ortho intramolecular Hbond substituents is 2. The zero-order valence-corrected chi connectivity index (χ0v) is 11.5. The second-order valence-corrected chi connectivity index (χ2v) is 5.29. The van der Waals surface area contributed by atoms with Crippen LogP contribution in [-0.2, 0) is 0 Å². The SMILES string of the molecule is CC(c1cccs1)N(C)C(=O)c1ccc(O)c(O)c1. The van der Waals surface area contributed by atoms with Gasteiger partial charge in [0.15, 0.2) is 11.5 Å². The van der Waals surface area contributed by atoms with Crippen LogP contribution in [0.4, 0.5) is 0 Å². The molecule has 0 saturated carbocycles. The molecule has 0 aliphatic carbocycles. The smallest absolute Gasteiger partial charge is 0.254 e. The molecule has 0 fully saturated rings. The van der Waals surface area contributed by atoms with E-state index in [4.69, 9.17) is 0 Å². The summed E-state index contributed by atoms with van der Waals surface area (Å²) < 4.78 is 0. The lowest BCUT2D eigenvalue weighted by Gasteiger charge is -2.24. The minimum atomic E-state index is -0.289. The Morgan fingerprint density at radius 3 is 2.58 bits per heavy atom. The molecule has 4 nitrogen and oxygen atoms in total. The molecule has 2 N–H and O–H groups in total. The van der Waals surface area contributed by atoms with Crippen LogP contribution in [0.15, 0.2) is 35.7 Å². The maximum Gasteiger partial charge on any atom is 0.254 e. The van der Waals surface area contributed by atoms with Crippen molar-refractivity contribution in [1.82, 2.24) is 4.90 Å². The highest BCUT2D eigenvalue weighted by molar-refractivity contribution is 7.10. The molecule has 0 bridgehead atoms. The zero-order chi connectivity index (χ0) is 14.0. The maximum absolute atomic E-state index is 12.3. The molecule has 1 atom stereocenters. The van der Waals surface area contributed by atoms with Gasteiger partial charge in [-0.1, -0.05) is 6.07 Å². The van der Waals surface area contributed by atoms with Gasteiger partial charge in [0.1, 0.15) is 0 Å². The molecule has 1 heterocycles. The molecule has 1 amide bonds. The first-order chi connectivity index (χ1) is 9.00. The molecule has 0 aliphatic heterocycles. The van der Waals surface area contributed by atoms with Crippen molar-refractivity contribution in [1.29, 1.82) is 0 Å². The van der Waals surface area contributed by atoms with Crippen LogP contribution in [0, 0.1) is 0 Å². The lowest BCUT2D eigenvalue weighted by Crippen LogP contribution is -2.29. The summed E-state index contributed by atoms with van der Waals surface area (Å²) in [5, 5.41) is 20.7. The Morgan fingerprint density at radius 1 is 1.26 bits per heavy atom. The second-order valence-electron chi connectivity index (χ2n) is 4.31. The van der Waals surface area contributed by atoms with E-state index in [1.54, 1.807) is 23.3 Å². The van der Waals surface area contributed by atoms with E-state index in [9.17, 15) is 15.0 Å². The Morgan fingerprint density at radius 2 is 2.00 bits per heavy atom. The number of amides is 1. The van der Waals surface area contributed by atoms with Gasteiger partial charge in [0.05, 0.1) is 6.04 Å². The number of hydrogen-bond acceptors (Lipinski definition) is 4. The van der Waals surface area contributed by atoms with Gasteiger partial charge in [-0.15, -0.1) is 11.3 Å². The highest BCUT2D eigenvalue weighted by Crippen LogP contribution is 2.28. The topological polar surface area (TPSA) is 60.8 Å². The third-order valence-electron chi connectivity index (χ3n) is 3.08. The van der Waals surface area contributed by atoms with E-state index < -0.39 is 0 Å². The van der Waals surface area contributed by atoms with Crippen LogP contribution in [0.5, 0.6) is 11.5 Å². The molecule has 19 heavy (non-hydrogen) atoms. The molecule has 0 spiro atoms. The average Bonchev–Trinajstić information content (AvgIpc) is 2.93. The third-order valence-corrected chi connectivity index (χ3v) is 4.12. The van der Waals surface area contributed by atoms with Gasteiger partial charge in [0.25, 0.3) is 5.91 Å². The molecular weight excluding hydrogens is 262 g/mol. The van der Waals surface area contributed by atoms with Gasteiger partial charge >= 0.3 is 0 Å². The standard InChI is InChI=1S/C14H15NO3S/c1-9(13-4-3-7-19-13)15(2)14(18)10-5-6-11(16)12(17)8-10/h3-9,16-17H,1-2H3. The number of nitrogens with zero attached hydrogens (tertiary/aromatic N) is 1. The Bertz CT molecular complexity index is 580. The number of thiophene rings is 1. The van der Waals surface area contributed by atoms with E-state index in [-0.39, 0.29) is 23.4 Å². The first-order valence-electron chi connectivity index (χ1n) is 5.83. The number of carbonyl (C=O) groups excluding carboxylic acids is 1. The minimum absolute atomic E-state index is 0.0385. The van der Waals surface area contributed by atoms with Crippen LogP contribution in [0.25, 0.3) is 0 Å². The summed E-state index contributed by atoms with van der Waals surface area (Å²) in [5.74, 6) is -0.718. The fourth-order valence-electron chi connectivity index (χ4n) is 1.76. The molecule has 2 rings (SSSR count). The molecule has 2 aromatic rings. The van der Waals surface area contributed by atoms with Crippen molar-refractivity contribution < 1.29 is 15.0 Å². The summed E-state index contributed by atoms with van der Waals surface area (Å²) in [5.41, 5.74) is 0.348. The van der Waals surface area contributed by atoms with Crippen LogP contribution in [0.3, 0.4) is 0 Å². The maximum atomic E-state index is 12.3. The van der Waals surface area contributed by atoms with Gasteiger partial charge in [0.2, 0.25) is 0 Å². The quantitative estimate of drug-likeness (QED) is 0.848. The third kappa shape index (κ3) is 2.71. The van der Waals surface area contributed by atoms with Gasteiger partial charge in [-0.2, -0.15) is 0 Å². The van der Waals surface area contributed by atoms with Crippen LogP contribution in [-0.4, -0.2) is 28.1 Å². The zero-order valence-electron chi connectivity index (χ0n) is 10.7. The predicted molar refractivity (Wildman–Crippen MR) is 74.6 cm³/mol. The Kier molecular flexibility index (Phi) is 3.76. The fourth-order valence-corrected chi connectivity index (χ4v) is 2.58. The molecule has 0 radical (unpaired) electrons. The van der Waals surface area contributed by atoms with E-state index in [1.807, 2.05) is 24.4 Å². The fraction of sp³-hybridized carbons (Fsp3) is 0.214. The normalized spacial score (nSPS) is 12.1. The van der Waals surface area contributed by atoms with Gasteiger partial charge in [-0.3, -0.25) is 4.79 Å². The van der Waals surface area contributed by atoms with Crippen molar-refractivity contribution in [2.75, 3.05) is 7.05 Å². The molecule has 1 aromatic heterocycles. The van der Waals surface area contributed by atoms with E-state index in [2.05, 4.69) is 0 Å². The second kappa shape index (κ2) is 5.32. The molecule has 0 aliphatic rings. The van der Waals surface area contributed by atoms with Crippen molar-refractivity contribution in [3.8, 4) is 11.5 Å². The molecule has 1 aromatic carbocycles. The van der Waals surface area contributed by atoms with E-state index in [0.29, 0.717) is 5.56 Å². The summed E-state index contributed by atoms with van der Waals surface area (Å²) in [6, 6.07) is 7.97. The number of benzene rings is 1. The first-order valence-corrected chi connectivity index (χ1v) is 6.71. The summed E-state index contributed by atoms with van der Waals surface area (Å²) in [7, 11) is 1.72. The number of hydrogen-bond donors (Lipinski definition) is 2. The van der Waals surface area contributed by atoms with Crippen molar-refractivity contribution >= 4 is 17.2 Å². The molecular formula is C14H15NO3S. The Labute approximate surface area is 115 Å². The largest absolute Gasteiger partial charge is 0.504 e. The summed E-state index contributed by atoms with van der Waals surface area (Å²) in [6.07, 6.45) is 0. The van der Waals surface area contributed by atoms with Crippen molar-refractivity contribution in [3.63, 3.8) is 0 Å². The van der Waals surface area contributed by atoms with Crippen LogP contribution in [0.1, 0.15) is 28.2 Å². The van der Waals surface area contributed by atoms with E-state index >= 15 is 0 Å². The van der Waals surface area contributed by atoms with Gasteiger partial charge in [-0.05, 0) is 36.6 Å². The van der Waals surface area contributed by atoms with Gasteiger partial charge in [-0.25, -0.2) is 0 Å². The lowest BCUT2D eigenvalue weighted by atomic mass is 10.1. The van der Waals surface area contributed by atoms with E-state index in [1.165, 1.54) is 18.2 Å². The van der Waals surface area contributed by atoms with Gasteiger partial charge in [0, 0.05) is 17.5 Å². The van der Waals surface area contributed by atoms with Gasteiger partial charge < -0.3 is 15.1 Å². The van der Waals surface area contributed by atoms with Crippen LogP contribution >= 0.6 is 11.3 Å². The van der Waals surface area contributed by atoms with Crippen LogP contribution < -0.4 is 0 Å². The summed E-state index contributed by atoms with van der Waals surface area (Å²) in [4.78, 5) is 15.0. The molecule has 0 saturated heterocycles. The highest BCUT2D eigenvalue weighted by Gasteiger charge is 2.20. The minimum Gasteiger partial charge on any atom is -0.504 e. The first kappa shape index (κ1) is 13.4. The number of phenols is 2.